The Morgan fingerprint density at radius 3 is 2.50 bits per heavy atom. The van der Waals surface area contributed by atoms with Gasteiger partial charge in [-0.05, 0) is 74.7 Å². The van der Waals surface area contributed by atoms with Crippen molar-refractivity contribution in [3.63, 3.8) is 0 Å². The van der Waals surface area contributed by atoms with Crippen molar-refractivity contribution >= 4 is 40.9 Å². The van der Waals surface area contributed by atoms with Crippen LogP contribution >= 0.6 is 23.4 Å². The lowest BCUT2D eigenvalue weighted by atomic mass is 9.94. The molecule has 42 heavy (non-hydrogen) atoms. The Morgan fingerprint density at radius 2 is 1.79 bits per heavy atom. The largest absolute Gasteiger partial charge is 0.490 e. The fourth-order valence-electron chi connectivity index (χ4n) is 4.65. The summed E-state index contributed by atoms with van der Waals surface area (Å²) in [5, 5.41) is 12.5. The number of anilines is 2. The first kappa shape index (κ1) is 29.5. The fraction of sp³-hybridized carbons (Fsp3) is 0.281. The summed E-state index contributed by atoms with van der Waals surface area (Å²) in [6, 6.07) is 20.5. The third-order valence-electron chi connectivity index (χ3n) is 6.71. The van der Waals surface area contributed by atoms with Crippen LogP contribution in [0.5, 0.6) is 11.5 Å². The van der Waals surface area contributed by atoms with Crippen LogP contribution < -0.4 is 20.1 Å². The highest BCUT2D eigenvalue weighted by Crippen LogP contribution is 2.40. The molecular formula is C32H34ClN5O3S. The summed E-state index contributed by atoms with van der Waals surface area (Å²) in [5.41, 5.74) is 4.89. The maximum Gasteiger partial charge on any atom is 0.255 e. The van der Waals surface area contributed by atoms with Crippen LogP contribution in [0, 0.1) is 6.92 Å². The molecule has 0 fully saturated rings. The van der Waals surface area contributed by atoms with Gasteiger partial charge in [0.1, 0.15) is 12.6 Å². The van der Waals surface area contributed by atoms with E-state index in [9.17, 15) is 4.79 Å². The Balaban J connectivity index is 1.51. The van der Waals surface area contributed by atoms with E-state index < -0.39 is 6.04 Å². The summed E-state index contributed by atoms with van der Waals surface area (Å²) < 4.78 is 14.0. The van der Waals surface area contributed by atoms with Gasteiger partial charge in [-0.1, -0.05) is 66.2 Å². The summed E-state index contributed by atoms with van der Waals surface area (Å²) in [5.74, 6) is 2.45. The maximum atomic E-state index is 13.9. The van der Waals surface area contributed by atoms with E-state index in [1.807, 2.05) is 87.5 Å². The number of carbonyl (C=O) groups excluding carboxylic acids is 1. The molecule has 1 unspecified atom stereocenters. The number of rotatable bonds is 11. The van der Waals surface area contributed by atoms with Crippen molar-refractivity contribution in [2.75, 3.05) is 23.0 Å². The van der Waals surface area contributed by atoms with Gasteiger partial charge in [0, 0.05) is 22.2 Å². The highest BCUT2D eigenvalue weighted by molar-refractivity contribution is 7.99. The lowest BCUT2D eigenvalue weighted by Gasteiger charge is -2.29. The third-order valence-corrected chi connectivity index (χ3v) is 8.01. The molecule has 4 aromatic rings. The number of carbonyl (C=O) groups is 1. The van der Waals surface area contributed by atoms with E-state index in [0.717, 1.165) is 28.9 Å². The number of nitrogens with zero attached hydrogens (tertiary/aromatic N) is 3. The Morgan fingerprint density at radius 1 is 1.02 bits per heavy atom. The molecule has 0 radical (unpaired) electrons. The average molecular weight is 604 g/mol. The molecule has 0 saturated carbocycles. The molecular weight excluding hydrogens is 570 g/mol. The molecule has 2 N–H and O–H groups in total. The second-order valence-electron chi connectivity index (χ2n) is 9.95. The number of ether oxygens (including phenoxy) is 2. The zero-order valence-electron chi connectivity index (χ0n) is 24.1. The van der Waals surface area contributed by atoms with Crippen molar-refractivity contribution in [3.05, 3.63) is 99.7 Å². The van der Waals surface area contributed by atoms with E-state index in [1.54, 1.807) is 16.4 Å². The molecule has 5 rings (SSSR count). The molecule has 0 bridgehead atoms. The number of nitrogens with one attached hydrogen (secondary N) is 2. The Bertz CT molecular complexity index is 1580. The lowest BCUT2D eigenvalue weighted by molar-refractivity contribution is -0.113. The quantitative estimate of drug-likeness (QED) is 0.170. The van der Waals surface area contributed by atoms with Crippen LogP contribution in [-0.2, 0) is 11.4 Å². The van der Waals surface area contributed by atoms with Gasteiger partial charge in [0.05, 0.1) is 12.2 Å². The molecule has 0 saturated heterocycles. The number of benzene rings is 3. The van der Waals surface area contributed by atoms with Gasteiger partial charge in [0.15, 0.2) is 11.5 Å². The predicted octanol–water partition coefficient (Wildman–Crippen LogP) is 7.65. The van der Waals surface area contributed by atoms with Crippen molar-refractivity contribution in [1.29, 1.82) is 0 Å². The SMILES string of the molecule is CCCSc1nc2n(n1)C(c1ccc(OCc3ccc(Cl)cc3)c(OCC)c1)C(C(=O)Nc1ccc(C)cc1)=C(C)N2. The number of amides is 1. The van der Waals surface area contributed by atoms with Crippen LogP contribution in [0.1, 0.15) is 49.9 Å². The van der Waals surface area contributed by atoms with Crippen LogP contribution in [-0.4, -0.2) is 33.0 Å². The number of allylic oxidation sites excluding steroid dienone is 1. The third kappa shape index (κ3) is 6.74. The summed E-state index contributed by atoms with van der Waals surface area (Å²) in [6.45, 7) is 8.76. The van der Waals surface area contributed by atoms with Gasteiger partial charge in [-0.25, -0.2) is 4.68 Å². The van der Waals surface area contributed by atoms with Crippen molar-refractivity contribution in [3.8, 4) is 11.5 Å². The van der Waals surface area contributed by atoms with Gasteiger partial charge in [0.2, 0.25) is 11.1 Å². The average Bonchev–Trinajstić information content (AvgIpc) is 3.39. The summed E-state index contributed by atoms with van der Waals surface area (Å²) in [7, 11) is 0. The topological polar surface area (TPSA) is 90.3 Å². The van der Waals surface area contributed by atoms with E-state index in [4.69, 9.17) is 31.2 Å². The van der Waals surface area contributed by atoms with Crippen LogP contribution in [0.4, 0.5) is 11.6 Å². The minimum absolute atomic E-state index is 0.223. The molecule has 1 aliphatic rings. The van der Waals surface area contributed by atoms with Crippen LogP contribution in [0.3, 0.4) is 0 Å². The van der Waals surface area contributed by atoms with Gasteiger partial charge in [-0.15, -0.1) is 5.10 Å². The second-order valence-corrected chi connectivity index (χ2v) is 11.5. The normalized spacial score (nSPS) is 14.3. The molecule has 1 aromatic heterocycles. The maximum absolute atomic E-state index is 13.9. The molecule has 0 spiro atoms. The van der Waals surface area contributed by atoms with Gasteiger partial charge >= 0.3 is 0 Å². The van der Waals surface area contributed by atoms with E-state index in [1.165, 1.54) is 0 Å². The molecule has 1 atom stereocenters. The number of halogens is 1. The molecule has 8 nitrogen and oxygen atoms in total. The number of hydrogen-bond donors (Lipinski definition) is 2. The van der Waals surface area contributed by atoms with E-state index in [0.29, 0.717) is 57.8 Å². The molecule has 1 aliphatic heterocycles. The molecule has 1 amide bonds. The zero-order chi connectivity index (χ0) is 29.6. The van der Waals surface area contributed by atoms with Crippen LogP contribution in [0.2, 0.25) is 5.02 Å². The number of aromatic nitrogens is 3. The van der Waals surface area contributed by atoms with Gasteiger partial charge in [-0.3, -0.25) is 4.79 Å². The van der Waals surface area contributed by atoms with E-state index >= 15 is 0 Å². The second kappa shape index (κ2) is 13.4. The number of hydrogen-bond acceptors (Lipinski definition) is 7. The first-order chi connectivity index (χ1) is 20.4. The lowest BCUT2D eigenvalue weighted by Crippen LogP contribution is -2.31. The number of thioether (sulfide) groups is 1. The van der Waals surface area contributed by atoms with Crippen LogP contribution in [0.15, 0.2) is 83.2 Å². The molecule has 3 aromatic carbocycles. The van der Waals surface area contributed by atoms with Gasteiger partial charge in [-0.2, -0.15) is 4.98 Å². The van der Waals surface area contributed by atoms with Crippen molar-refractivity contribution in [2.24, 2.45) is 0 Å². The van der Waals surface area contributed by atoms with E-state index in [2.05, 4.69) is 17.6 Å². The minimum atomic E-state index is -0.542. The molecule has 0 aliphatic carbocycles. The minimum Gasteiger partial charge on any atom is -0.490 e. The van der Waals surface area contributed by atoms with Crippen molar-refractivity contribution in [1.82, 2.24) is 14.8 Å². The standard InChI is InChI=1S/C32H34ClN5O3S/c1-5-17-42-32-36-31-34-21(4)28(30(39)35-25-14-7-20(3)8-15-25)29(38(31)37-32)23-11-16-26(27(18-23)40-6-2)41-19-22-9-12-24(33)13-10-22/h7-16,18,29H,5-6,17,19H2,1-4H3,(H,35,39)(H,34,36,37). The monoisotopic (exact) mass is 603 g/mol. The first-order valence-corrected chi connectivity index (χ1v) is 15.3. The molecule has 2 heterocycles. The fourth-order valence-corrected chi connectivity index (χ4v) is 5.46. The Labute approximate surface area is 255 Å². The zero-order valence-corrected chi connectivity index (χ0v) is 25.7. The van der Waals surface area contributed by atoms with Crippen molar-refractivity contribution in [2.45, 2.75) is 51.9 Å². The summed E-state index contributed by atoms with van der Waals surface area (Å²) in [4.78, 5) is 18.6. The number of fused-ring (bicyclic) bond motifs is 1. The van der Waals surface area contributed by atoms with E-state index in [-0.39, 0.29) is 5.91 Å². The highest BCUT2D eigenvalue weighted by atomic mass is 35.5. The highest BCUT2D eigenvalue weighted by Gasteiger charge is 2.35. The van der Waals surface area contributed by atoms with Crippen LogP contribution in [0.25, 0.3) is 0 Å². The summed E-state index contributed by atoms with van der Waals surface area (Å²) >= 11 is 7.62. The smallest absolute Gasteiger partial charge is 0.255 e. The Kier molecular flexibility index (Phi) is 9.39. The predicted molar refractivity (Wildman–Crippen MR) is 169 cm³/mol. The van der Waals surface area contributed by atoms with Crippen molar-refractivity contribution < 1.29 is 14.3 Å². The van der Waals surface area contributed by atoms with Gasteiger partial charge in [0.25, 0.3) is 5.91 Å². The first-order valence-electron chi connectivity index (χ1n) is 14.0. The Hall–Kier alpha value is -3.95. The van der Waals surface area contributed by atoms with Gasteiger partial charge < -0.3 is 20.1 Å². The molecule has 10 heteroatoms. The number of aryl methyl sites for hydroxylation is 1. The molecule has 218 valence electrons. The summed E-state index contributed by atoms with van der Waals surface area (Å²) in [6.07, 6.45) is 1.00.